The summed E-state index contributed by atoms with van der Waals surface area (Å²) < 4.78 is 11.9. The number of benzene rings is 3. The van der Waals surface area contributed by atoms with Gasteiger partial charge in [-0.1, -0.05) is 42.5 Å². The van der Waals surface area contributed by atoms with Gasteiger partial charge in [-0.3, -0.25) is 9.59 Å². The fourth-order valence-electron chi connectivity index (χ4n) is 5.73. The first-order valence-electron chi connectivity index (χ1n) is 14.2. The first kappa shape index (κ1) is 27.3. The van der Waals surface area contributed by atoms with Gasteiger partial charge in [0.05, 0.1) is 25.8 Å². The van der Waals surface area contributed by atoms with Crippen LogP contribution in [0.3, 0.4) is 0 Å². The third-order valence-electron chi connectivity index (χ3n) is 8.20. The molecule has 0 radical (unpaired) electrons. The van der Waals surface area contributed by atoms with Gasteiger partial charge in [-0.2, -0.15) is 0 Å². The third-order valence-corrected chi connectivity index (χ3v) is 8.20. The van der Waals surface area contributed by atoms with Crippen molar-refractivity contribution >= 4 is 23.3 Å². The van der Waals surface area contributed by atoms with Gasteiger partial charge < -0.3 is 25.0 Å². The average Bonchev–Trinajstić information content (AvgIpc) is 3.51. The number of rotatable bonds is 9. The zero-order valence-electron chi connectivity index (χ0n) is 24.0. The maximum atomic E-state index is 13.7. The number of methoxy groups -OCH3 is 1. The Morgan fingerprint density at radius 3 is 2.45 bits per heavy atom. The zero-order valence-corrected chi connectivity index (χ0v) is 24.0. The van der Waals surface area contributed by atoms with Crippen LogP contribution in [-0.2, 0) is 19.5 Å². The number of carbonyl (C=O) groups excluding carboxylic acids is 2. The van der Waals surface area contributed by atoms with Crippen LogP contribution < -0.4 is 20.1 Å². The summed E-state index contributed by atoms with van der Waals surface area (Å²) in [6.45, 7) is 4.94. The molecule has 1 aromatic heterocycles. The summed E-state index contributed by atoms with van der Waals surface area (Å²) >= 11 is 0. The Hall–Kier alpha value is -4.85. The van der Waals surface area contributed by atoms with E-state index in [1.807, 2.05) is 68.4 Å². The molecule has 3 heterocycles. The van der Waals surface area contributed by atoms with E-state index in [4.69, 9.17) is 15.2 Å². The number of nitrogens with two attached hydrogens (primary N) is 1. The monoisotopic (exact) mass is 562 g/mol. The van der Waals surface area contributed by atoms with Gasteiger partial charge >= 0.3 is 0 Å². The molecular formula is C34H34N4O4. The topological polar surface area (TPSA) is 98.0 Å². The third kappa shape index (κ3) is 5.16. The molecule has 3 aromatic carbocycles. The first-order chi connectivity index (χ1) is 20.3. The molecule has 0 saturated heterocycles. The summed E-state index contributed by atoms with van der Waals surface area (Å²) in [6, 6.07) is 23.2. The van der Waals surface area contributed by atoms with E-state index in [9.17, 15) is 9.59 Å². The van der Waals surface area contributed by atoms with Crippen LogP contribution >= 0.6 is 0 Å². The number of nitrogens with zero attached hydrogens (tertiary/aromatic N) is 3. The van der Waals surface area contributed by atoms with Crippen molar-refractivity contribution in [3.8, 4) is 11.5 Å². The van der Waals surface area contributed by atoms with Crippen LogP contribution in [0, 0.1) is 0 Å². The number of amides is 2. The summed E-state index contributed by atoms with van der Waals surface area (Å²) in [4.78, 5) is 34.5. The molecule has 2 aliphatic heterocycles. The summed E-state index contributed by atoms with van der Waals surface area (Å²) in [7, 11) is 1.62. The van der Waals surface area contributed by atoms with Crippen molar-refractivity contribution in [3.05, 3.63) is 112 Å². The molecule has 2 N–H and O–H groups in total. The van der Waals surface area contributed by atoms with Crippen LogP contribution in [0.25, 0.3) is 0 Å². The summed E-state index contributed by atoms with van der Waals surface area (Å²) in [6.07, 6.45) is 3.37. The van der Waals surface area contributed by atoms with Gasteiger partial charge in [-0.25, -0.2) is 4.98 Å². The summed E-state index contributed by atoms with van der Waals surface area (Å²) in [5, 5.41) is 0. The van der Waals surface area contributed by atoms with Crippen molar-refractivity contribution in [2.45, 2.75) is 51.9 Å². The maximum Gasteiger partial charge on any atom is 0.258 e. The van der Waals surface area contributed by atoms with E-state index in [-0.39, 0.29) is 24.0 Å². The number of fused-ring (bicyclic) bond motifs is 2. The summed E-state index contributed by atoms with van der Waals surface area (Å²) in [5.74, 6) is 1.40. The molecule has 8 nitrogen and oxygen atoms in total. The van der Waals surface area contributed by atoms with Crippen molar-refractivity contribution in [1.29, 1.82) is 0 Å². The van der Waals surface area contributed by atoms with Gasteiger partial charge in [0.1, 0.15) is 5.82 Å². The van der Waals surface area contributed by atoms with E-state index in [1.165, 1.54) is 5.56 Å². The number of pyridine rings is 1. The second kappa shape index (κ2) is 11.2. The Labute approximate surface area is 245 Å². The molecule has 2 aliphatic rings. The van der Waals surface area contributed by atoms with Crippen LogP contribution in [0.15, 0.2) is 79.0 Å². The Balaban J connectivity index is 1.18. The van der Waals surface area contributed by atoms with Crippen LogP contribution in [0.2, 0.25) is 0 Å². The number of aromatic nitrogens is 1. The average molecular weight is 563 g/mol. The SMILES string of the molecule is COc1ccc(N2Cc3ccc(C(C)N4Cc5cnc(N)cc5C4=O)cc3C2=O)cc1OC(C)CCc1ccccc1. The van der Waals surface area contributed by atoms with Gasteiger partial charge in [-0.05, 0) is 67.6 Å². The molecule has 2 amide bonds. The lowest BCUT2D eigenvalue weighted by molar-refractivity contribution is 0.0716. The van der Waals surface area contributed by atoms with E-state index in [2.05, 4.69) is 17.1 Å². The smallest absolute Gasteiger partial charge is 0.258 e. The minimum atomic E-state index is -0.225. The molecule has 8 heteroatoms. The molecule has 0 spiro atoms. The molecule has 0 saturated carbocycles. The molecule has 2 atom stereocenters. The number of carbonyl (C=O) groups is 2. The minimum absolute atomic E-state index is 0.0449. The number of ether oxygens (including phenoxy) is 2. The molecule has 2 unspecified atom stereocenters. The first-order valence-corrected chi connectivity index (χ1v) is 14.2. The van der Waals surface area contributed by atoms with E-state index in [0.717, 1.165) is 35.2 Å². The molecule has 0 aliphatic carbocycles. The molecular weight excluding hydrogens is 528 g/mol. The normalized spacial score (nSPS) is 15.4. The highest BCUT2D eigenvalue weighted by molar-refractivity contribution is 6.10. The van der Waals surface area contributed by atoms with E-state index < -0.39 is 0 Å². The number of nitrogen functional groups attached to an aromatic ring is 1. The Kier molecular flexibility index (Phi) is 7.29. The van der Waals surface area contributed by atoms with E-state index >= 15 is 0 Å². The van der Waals surface area contributed by atoms with E-state index in [1.54, 1.807) is 29.2 Å². The number of hydrogen-bond donors (Lipinski definition) is 1. The minimum Gasteiger partial charge on any atom is -0.493 e. The summed E-state index contributed by atoms with van der Waals surface area (Å²) in [5.41, 5.74) is 11.7. The second-order valence-corrected chi connectivity index (χ2v) is 11.0. The molecule has 214 valence electrons. The largest absolute Gasteiger partial charge is 0.493 e. The van der Waals surface area contributed by atoms with Gasteiger partial charge in [0.2, 0.25) is 0 Å². The van der Waals surface area contributed by atoms with Crippen LogP contribution in [0.5, 0.6) is 11.5 Å². The van der Waals surface area contributed by atoms with Crippen molar-refractivity contribution in [1.82, 2.24) is 9.88 Å². The Morgan fingerprint density at radius 2 is 1.67 bits per heavy atom. The Morgan fingerprint density at radius 1 is 0.881 bits per heavy atom. The van der Waals surface area contributed by atoms with Crippen molar-refractivity contribution < 1.29 is 19.1 Å². The molecule has 4 aromatic rings. The number of hydrogen-bond acceptors (Lipinski definition) is 6. The van der Waals surface area contributed by atoms with Crippen LogP contribution in [0.1, 0.15) is 69.3 Å². The van der Waals surface area contributed by atoms with Gasteiger partial charge in [-0.15, -0.1) is 0 Å². The highest BCUT2D eigenvalue weighted by atomic mass is 16.5. The molecule has 0 bridgehead atoms. The lowest BCUT2D eigenvalue weighted by atomic mass is 10.0. The van der Waals surface area contributed by atoms with Crippen LogP contribution in [0.4, 0.5) is 11.5 Å². The molecule has 42 heavy (non-hydrogen) atoms. The number of aryl methyl sites for hydroxylation is 1. The van der Waals surface area contributed by atoms with Gasteiger partial charge in [0.25, 0.3) is 11.8 Å². The fourth-order valence-corrected chi connectivity index (χ4v) is 5.73. The quantitative estimate of drug-likeness (QED) is 0.271. The van der Waals surface area contributed by atoms with Gasteiger partial charge in [0.15, 0.2) is 11.5 Å². The Bertz CT molecular complexity index is 1660. The second-order valence-electron chi connectivity index (χ2n) is 11.0. The molecule has 0 fully saturated rings. The zero-order chi connectivity index (χ0) is 29.4. The van der Waals surface area contributed by atoms with E-state index in [0.29, 0.717) is 41.5 Å². The lowest BCUT2D eigenvalue weighted by Gasteiger charge is -2.25. The lowest BCUT2D eigenvalue weighted by Crippen LogP contribution is -2.27. The fraction of sp³-hybridized carbons (Fsp3) is 0.265. The van der Waals surface area contributed by atoms with Crippen molar-refractivity contribution in [2.24, 2.45) is 0 Å². The number of anilines is 2. The van der Waals surface area contributed by atoms with Crippen molar-refractivity contribution in [2.75, 3.05) is 17.7 Å². The maximum absolute atomic E-state index is 13.7. The van der Waals surface area contributed by atoms with Crippen molar-refractivity contribution in [3.63, 3.8) is 0 Å². The molecule has 6 rings (SSSR count). The predicted molar refractivity (Wildman–Crippen MR) is 162 cm³/mol. The predicted octanol–water partition coefficient (Wildman–Crippen LogP) is 5.95. The standard InChI is InChI=1S/C34H34N4O4/c1-21(9-10-23-7-5-4-6-8-23)42-31-16-27(13-14-30(31)41-3)38-19-25-12-11-24(15-28(25)34(38)40)22(2)37-20-26-18-36-32(35)17-29(26)33(37)39/h4-8,11-18,21-22H,9-10,19-20H2,1-3H3,(H2,35,36). The van der Waals surface area contributed by atoms with Gasteiger partial charge in [0, 0.05) is 41.2 Å². The highest BCUT2D eigenvalue weighted by Crippen LogP contribution is 2.38. The highest BCUT2D eigenvalue weighted by Gasteiger charge is 2.34. The van der Waals surface area contributed by atoms with Crippen LogP contribution in [-0.4, -0.2) is 34.9 Å².